The third kappa shape index (κ3) is 2.24. The summed E-state index contributed by atoms with van der Waals surface area (Å²) in [5.74, 6) is 0.358. The number of amidine groups is 1. The Balaban J connectivity index is 2.22. The number of nitro groups is 1. The Morgan fingerprint density at radius 2 is 2.47 bits per heavy atom. The lowest BCUT2D eigenvalue weighted by Gasteiger charge is -1.93. The molecule has 0 saturated carbocycles. The summed E-state index contributed by atoms with van der Waals surface area (Å²) in [6.45, 7) is 0. The Morgan fingerprint density at radius 1 is 1.71 bits per heavy atom. The van der Waals surface area contributed by atoms with Gasteiger partial charge in [0.2, 0.25) is 5.84 Å². The molecule has 2 heterocycles. The SMILES string of the molecule is CNC=C1NC(c2ccc([N+](=O)[O-])o2)=N[S+]1N. The molecule has 0 saturated heterocycles. The Labute approximate surface area is 99.3 Å². The molecule has 2 rings (SSSR count). The van der Waals surface area contributed by atoms with Crippen LogP contribution in [-0.2, 0) is 11.3 Å². The van der Waals surface area contributed by atoms with E-state index in [1.807, 2.05) is 0 Å². The summed E-state index contributed by atoms with van der Waals surface area (Å²) in [7, 11) is 1.74. The maximum Gasteiger partial charge on any atom is 0.433 e. The lowest BCUT2D eigenvalue weighted by atomic mass is 10.4. The minimum absolute atomic E-state index is 0.291. The lowest BCUT2D eigenvalue weighted by Crippen LogP contribution is -2.22. The van der Waals surface area contributed by atoms with Gasteiger partial charge in [-0.25, -0.2) is 0 Å². The largest absolute Gasteiger partial charge is 0.433 e. The molecule has 0 spiro atoms. The van der Waals surface area contributed by atoms with Crippen molar-refractivity contribution < 1.29 is 9.34 Å². The highest BCUT2D eigenvalue weighted by molar-refractivity contribution is 7.97. The fourth-order valence-corrected chi connectivity index (χ4v) is 2.10. The molecule has 1 aliphatic heterocycles. The van der Waals surface area contributed by atoms with Crippen molar-refractivity contribution in [2.75, 3.05) is 7.05 Å². The van der Waals surface area contributed by atoms with Crippen LogP contribution in [0.5, 0.6) is 0 Å². The Hall–Kier alpha value is -2.00. The van der Waals surface area contributed by atoms with Crippen LogP contribution in [0.4, 0.5) is 5.88 Å². The van der Waals surface area contributed by atoms with Crippen LogP contribution in [-0.4, -0.2) is 17.8 Å². The van der Waals surface area contributed by atoms with Gasteiger partial charge in [-0.3, -0.25) is 15.4 Å². The number of nitrogens with one attached hydrogen (secondary N) is 2. The minimum Gasteiger partial charge on any atom is -0.397 e. The van der Waals surface area contributed by atoms with Crippen molar-refractivity contribution in [1.82, 2.24) is 10.6 Å². The van der Waals surface area contributed by atoms with Gasteiger partial charge in [0.15, 0.2) is 5.76 Å². The molecule has 0 aromatic carbocycles. The van der Waals surface area contributed by atoms with Gasteiger partial charge in [-0.1, -0.05) is 0 Å². The van der Waals surface area contributed by atoms with Crippen molar-refractivity contribution in [3.8, 4) is 0 Å². The van der Waals surface area contributed by atoms with Crippen molar-refractivity contribution in [1.29, 1.82) is 0 Å². The molecule has 90 valence electrons. The molecule has 0 fully saturated rings. The molecule has 1 aliphatic rings. The van der Waals surface area contributed by atoms with Crippen LogP contribution in [0.1, 0.15) is 5.76 Å². The van der Waals surface area contributed by atoms with Gasteiger partial charge in [-0.15, -0.1) is 5.14 Å². The van der Waals surface area contributed by atoms with Crippen LogP contribution in [0.15, 0.2) is 32.2 Å². The maximum absolute atomic E-state index is 10.5. The average Bonchev–Trinajstić information content (AvgIpc) is 2.86. The zero-order valence-corrected chi connectivity index (χ0v) is 9.65. The molecule has 17 heavy (non-hydrogen) atoms. The molecule has 1 aromatic heterocycles. The summed E-state index contributed by atoms with van der Waals surface area (Å²) in [5.41, 5.74) is 0. The number of rotatable bonds is 3. The van der Waals surface area contributed by atoms with E-state index >= 15 is 0 Å². The topological polar surface area (TPSA) is 119 Å². The van der Waals surface area contributed by atoms with Gasteiger partial charge in [0.25, 0.3) is 16.3 Å². The van der Waals surface area contributed by atoms with Crippen LogP contribution in [0, 0.1) is 10.1 Å². The molecule has 0 radical (unpaired) electrons. The quantitative estimate of drug-likeness (QED) is 0.397. The number of nitrogens with zero attached hydrogens (tertiary/aromatic N) is 2. The van der Waals surface area contributed by atoms with Gasteiger partial charge in [-0.2, -0.15) is 0 Å². The smallest absolute Gasteiger partial charge is 0.397 e. The second-order valence-corrected chi connectivity index (χ2v) is 4.32. The van der Waals surface area contributed by atoms with E-state index in [-0.39, 0.29) is 5.88 Å². The molecule has 4 N–H and O–H groups in total. The third-order valence-electron chi connectivity index (χ3n) is 1.94. The normalized spacial score (nSPS) is 21.2. The van der Waals surface area contributed by atoms with Crippen LogP contribution in [0.25, 0.3) is 0 Å². The molecular weight excluding hydrogens is 246 g/mol. The predicted octanol–water partition coefficient (Wildman–Crippen LogP) is -0.0371. The van der Waals surface area contributed by atoms with Crippen molar-refractivity contribution in [2.24, 2.45) is 9.54 Å². The summed E-state index contributed by atoms with van der Waals surface area (Å²) in [5, 5.41) is 22.7. The van der Waals surface area contributed by atoms with E-state index < -0.39 is 16.2 Å². The summed E-state index contributed by atoms with van der Waals surface area (Å²) in [4.78, 5) is 9.86. The molecule has 0 aliphatic carbocycles. The molecular formula is C8H10N5O3S+. The summed E-state index contributed by atoms with van der Waals surface area (Å²) in [6.07, 6.45) is 1.68. The lowest BCUT2D eigenvalue weighted by molar-refractivity contribution is -0.402. The Kier molecular flexibility index (Phi) is 3.02. The van der Waals surface area contributed by atoms with E-state index in [9.17, 15) is 10.1 Å². The molecule has 0 amide bonds. The number of hydrogen-bond donors (Lipinski definition) is 3. The fraction of sp³-hybridized carbons (Fsp3) is 0.125. The van der Waals surface area contributed by atoms with Gasteiger partial charge >= 0.3 is 5.88 Å². The van der Waals surface area contributed by atoms with Crippen molar-refractivity contribution in [3.63, 3.8) is 0 Å². The predicted molar refractivity (Wildman–Crippen MR) is 63.7 cm³/mol. The van der Waals surface area contributed by atoms with E-state index in [4.69, 9.17) is 9.56 Å². The first kappa shape index (κ1) is 11.5. The van der Waals surface area contributed by atoms with E-state index in [0.29, 0.717) is 16.6 Å². The summed E-state index contributed by atoms with van der Waals surface area (Å²) >= 11 is -0.797. The summed E-state index contributed by atoms with van der Waals surface area (Å²) in [6, 6.07) is 2.75. The van der Waals surface area contributed by atoms with Crippen molar-refractivity contribution >= 4 is 23.0 Å². The van der Waals surface area contributed by atoms with Gasteiger partial charge < -0.3 is 9.73 Å². The number of hydrogen-bond acceptors (Lipinski definition) is 7. The zero-order valence-electron chi connectivity index (χ0n) is 8.84. The number of furan rings is 1. The fourth-order valence-electron chi connectivity index (χ4n) is 1.23. The number of nitrogens with two attached hydrogens (primary N) is 1. The van der Waals surface area contributed by atoms with Gasteiger partial charge in [0.1, 0.15) is 4.92 Å². The highest BCUT2D eigenvalue weighted by atomic mass is 32.2. The second-order valence-electron chi connectivity index (χ2n) is 3.07. The van der Waals surface area contributed by atoms with Crippen LogP contribution >= 0.6 is 0 Å². The highest BCUT2D eigenvalue weighted by Crippen LogP contribution is 2.20. The molecule has 1 atom stereocenters. The van der Waals surface area contributed by atoms with E-state index in [1.54, 1.807) is 13.2 Å². The van der Waals surface area contributed by atoms with Gasteiger partial charge in [0.05, 0.1) is 12.3 Å². The first-order chi connectivity index (χ1) is 8.11. The standard InChI is InChI=1S/C8H9N5O3S/c1-10-4-6-11-8(12-17(6)9)5-2-3-7(16-5)13(14)15/h2-4,10H,1H3,(H2,9,11,12)/p+1. The van der Waals surface area contributed by atoms with Crippen molar-refractivity contribution in [2.45, 2.75) is 0 Å². The minimum atomic E-state index is -0.797. The van der Waals surface area contributed by atoms with E-state index in [0.717, 1.165) is 0 Å². The molecule has 9 heteroatoms. The third-order valence-corrected chi connectivity index (χ3v) is 2.99. The van der Waals surface area contributed by atoms with Gasteiger partial charge in [0, 0.05) is 7.05 Å². The molecule has 1 aromatic rings. The van der Waals surface area contributed by atoms with E-state index in [2.05, 4.69) is 15.0 Å². The summed E-state index contributed by atoms with van der Waals surface area (Å²) < 4.78 is 9.13. The van der Waals surface area contributed by atoms with Crippen molar-refractivity contribution in [3.05, 3.63) is 39.2 Å². The zero-order chi connectivity index (χ0) is 12.4. The van der Waals surface area contributed by atoms with Crippen LogP contribution in [0.3, 0.4) is 0 Å². The molecule has 0 bridgehead atoms. The average molecular weight is 256 g/mol. The Morgan fingerprint density at radius 3 is 3.06 bits per heavy atom. The molecule has 8 nitrogen and oxygen atoms in total. The Bertz CT molecular complexity index is 509. The first-order valence-corrected chi connectivity index (χ1v) is 5.83. The maximum atomic E-state index is 10.5. The first-order valence-electron chi connectivity index (χ1n) is 4.58. The monoisotopic (exact) mass is 256 g/mol. The van der Waals surface area contributed by atoms with Crippen LogP contribution in [0.2, 0.25) is 0 Å². The highest BCUT2D eigenvalue weighted by Gasteiger charge is 2.34. The second kappa shape index (κ2) is 4.47. The van der Waals surface area contributed by atoms with E-state index in [1.165, 1.54) is 12.1 Å². The molecule has 1 unspecified atom stereocenters. The van der Waals surface area contributed by atoms with Gasteiger partial charge in [-0.05, 0) is 10.5 Å². The van der Waals surface area contributed by atoms with Crippen LogP contribution < -0.4 is 15.8 Å².